The number of benzene rings is 1. The fraction of sp³-hybridized carbons (Fsp3) is 0.222. The first-order valence-corrected chi connectivity index (χ1v) is 3.98. The van der Waals surface area contributed by atoms with Gasteiger partial charge in [0, 0.05) is 0 Å². The highest BCUT2D eigenvalue weighted by atomic mass is 16.5. The van der Waals surface area contributed by atoms with Crippen LogP contribution in [0.4, 0.5) is 5.69 Å². The van der Waals surface area contributed by atoms with Crippen molar-refractivity contribution in [3.8, 4) is 5.75 Å². The Bertz CT molecular complexity index is 337. The van der Waals surface area contributed by atoms with E-state index in [0.717, 1.165) is 0 Å². The Morgan fingerprint density at radius 3 is 3.00 bits per heavy atom. The molecule has 13 heavy (non-hydrogen) atoms. The summed E-state index contributed by atoms with van der Waals surface area (Å²) in [5.41, 5.74) is 0.650. The van der Waals surface area contributed by atoms with E-state index in [9.17, 15) is 4.79 Å². The van der Waals surface area contributed by atoms with Crippen molar-refractivity contribution < 1.29 is 14.6 Å². The number of hydrogen-bond acceptors (Lipinski definition) is 3. The summed E-state index contributed by atoms with van der Waals surface area (Å²) < 4.78 is 5.23. The van der Waals surface area contributed by atoms with Gasteiger partial charge in [-0.25, -0.2) is 0 Å². The average molecular weight is 179 g/mol. The maximum Gasteiger partial charge on any atom is 0.267 e. The molecule has 0 bridgehead atoms. The lowest BCUT2D eigenvalue weighted by atomic mass is 10.2. The first kappa shape index (κ1) is 8.07. The number of fused-ring (bicyclic) bond motifs is 1. The summed E-state index contributed by atoms with van der Waals surface area (Å²) in [4.78, 5) is 11.2. The number of hydrogen-bond donors (Lipinski definition) is 2. The van der Waals surface area contributed by atoms with E-state index >= 15 is 0 Å². The van der Waals surface area contributed by atoms with Gasteiger partial charge in [-0.3, -0.25) is 4.79 Å². The molecule has 2 rings (SSSR count). The highest BCUT2D eigenvalue weighted by molar-refractivity contribution is 5.97. The number of aliphatic hydroxyl groups excluding tert-OH is 1. The Morgan fingerprint density at radius 2 is 2.23 bits per heavy atom. The largest absolute Gasteiger partial charge is 0.476 e. The summed E-state index contributed by atoms with van der Waals surface area (Å²) in [6.07, 6.45) is -0.783. The van der Waals surface area contributed by atoms with E-state index < -0.39 is 6.10 Å². The number of carbonyl (C=O) groups is 1. The summed E-state index contributed by atoms with van der Waals surface area (Å²) in [5.74, 6) is 0.294. The van der Waals surface area contributed by atoms with Crippen LogP contribution >= 0.6 is 0 Å². The molecule has 1 aliphatic heterocycles. The molecule has 2 N–H and O–H groups in total. The highest BCUT2D eigenvalue weighted by Gasteiger charge is 2.25. The minimum atomic E-state index is -0.783. The lowest BCUT2D eigenvalue weighted by Gasteiger charge is -2.23. The molecule has 1 atom stereocenters. The van der Waals surface area contributed by atoms with E-state index in [0.29, 0.717) is 11.4 Å². The Kier molecular flexibility index (Phi) is 1.90. The quantitative estimate of drug-likeness (QED) is 0.655. The topological polar surface area (TPSA) is 58.6 Å². The Hall–Kier alpha value is -1.55. The van der Waals surface area contributed by atoms with Gasteiger partial charge in [0.2, 0.25) is 0 Å². The smallest absolute Gasteiger partial charge is 0.267 e. The fourth-order valence-corrected chi connectivity index (χ4v) is 1.21. The van der Waals surface area contributed by atoms with Gasteiger partial charge in [0.05, 0.1) is 12.3 Å². The van der Waals surface area contributed by atoms with Crippen molar-refractivity contribution in [3.05, 3.63) is 24.3 Å². The van der Waals surface area contributed by atoms with Crippen LogP contribution in [0.2, 0.25) is 0 Å². The van der Waals surface area contributed by atoms with Gasteiger partial charge >= 0.3 is 0 Å². The zero-order valence-electron chi connectivity index (χ0n) is 6.86. The number of para-hydroxylation sites is 2. The lowest BCUT2D eigenvalue weighted by Crippen LogP contribution is -2.39. The van der Waals surface area contributed by atoms with E-state index in [1.165, 1.54) is 0 Å². The molecular weight excluding hydrogens is 170 g/mol. The third kappa shape index (κ3) is 1.36. The van der Waals surface area contributed by atoms with Gasteiger partial charge in [-0.1, -0.05) is 12.1 Å². The molecular formula is C9H9NO3. The number of ether oxygens (including phenoxy) is 1. The highest BCUT2D eigenvalue weighted by Crippen LogP contribution is 2.28. The lowest BCUT2D eigenvalue weighted by molar-refractivity contribution is -0.125. The SMILES string of the molecule is O=C1Nc2ccccc2OC1CO. The van der Waals surface area contributed by atoms with Gasteiger partial charge in [-0.15, -0.1) is 0 Å². The van der Waals surface area contributed by atoms with E-state index in [-0.39, 0.29) is 12.5 Å². The third-order valence-electron chi connectivity index (χ3n) is 1.87. The van der Waals surface area contributed by atoms with Crippen molar-refractivity contribution in [2.24, 2.45) is 0 Å². The maximum absolute atomic E-state index is 11.2. The molecule has 0 saturated heterocycles. The molecule has 68 valence electrons. The van der Waals surface area contributed by atoms with Crippen molar-refractivity contribution in [2.75, 3.05) is 11.9 Å². The fourth-order valence-electron chi connectivity index (χ4n) is 1.21. The summed E-state index contributed by atoms with van der Waals surface area (Å²) in [5, 5.41) is 11.4. The molecule has 4 nitrogen and oxygen atoms in total. The van der Waals surface area contributed by atoms with Crippen molar-refractivity contribution in [1.29, 1.82) is 0 Å². The van der Waals surface area contributed by atoms with E-state index in [4.69, 9.17) is 9.84 Å². The monoisotopic (exact) mass is 179 g/mol. The van der Waals surface area contributed by atoms with Crippen molar-refractivity contribution in [1.82, 2.24) is 0 Å². The Balaban J connectivity index is 2.33. The molecule has 0 aliphatic carbocycles. The summed E-state index contributed by atoms with van der Waals surface area (Å²) in [7, 11) is 0. The number of anilines is 1. The molecule has 1 unspecified atom stereocenters. The molecule has 0 saturated carbocycles. The predicted molar refractivity (Wildman–Crippen MR) is 46.6 cm³/mol. The van der Waals surface area contributed by atoms with Crippen molar-refractivity contribution >= 4 is 11.6 Å². The number of amides is 1. The Morgan fingerprint density at radius 1 is 1.46 bits per heavy atom. The summed E-state index contributed by atoms with van der Waals surface area (Å²) in [6.45, 7) is -0.305. The third-order valence-corrected chi connectivity index (χ3v) is 1.87. The number of carbonyl (C=O) groups excluding carboxylic acids is 1. The molecule has 0 fully saturated rings. The van der Waals surface area contributed by atoms with E-state index in [2.05, 4.69) is 5.32 Å². The van der Waals surface area contributed by atoms with Gasteiger partial charge in [-0.05, 0) is 12.1 Å². The zero-order chi connectivity index (χ0) is 9.26. The standard InChI is InChI=1S/C9H9NO3/c11-5-8-9(12)10-6-3-1-2-4-7(6)13-8/h1-4,8,11H,5H2,(H,10,12). The van der Waals surface area contributed by atoms with E-state index in [1.54, 1.807) is 12.1 Å². The molecule has 1 aliphatic rings. The first-order chi connectivity index (χ1) is 6.31. The number of rotatable bonds is 1. The minimum absolute atomic E-state index is 0.304. The normalized spacial score (nSPS) is 20.1. The van der Waals surface area contributed by atoms with Crippen molar-refractivity contribution in [2.45, 2.75) is 6.10 Å². The second-order valence-electron chi connectivity index (χ2n) is 2.77. The zero-order valence-corrected chi connectivity index (χ0v) is 6.86. The second-order valence-corrected chi connectivity index (χ2v) is 2.77. The maximum atomic E-state index is 11.2. The Labute approximate surface area is 75.1 Å². The van der Waals surface area contributed by atoms with Crippen LogP contribution in [-0.2, 0) is 4.79 Å². The van der Waals surface area contributed by atoms with Gasteiger partial charge in [0.15, 0.2) is 6.10 Å². The molecule has 1 aromatic rings. The van der Waals surface area contributed by atoms with Gasteiger partial charge in [-0.2, -0.15) is 0 Å². The number of nitrogens with one attached hydrogen (secondary N) is 1. The molecule has 0 spiro atoms. The van der Waals surface area contributed by atoms with Gasteiger partial charge in [0.1, 0.15) is 5.75 Å². The molecule has 0 aromatic heterocycles. The van der Waals surface area contributed by atoms with Gasteiger partial charge in [0.25, 0.3) is 5.91 Å². The second kappa shape index (κ2) is 3.06. The first-order valence-electron chi connectivity index (χ1n) is 3.98. The average Bonchev–Trinajstić information content (AvgIpc) is 2.17. The van der Waals surface area contributed by atoms with Crippen LogP contribution in [0, 0.1) is 0 Å². The molecule has 1 aromatic carbocycles. The minimum Gasteiger partial charge on any atom is -0.476 e. The van der Waals surface area contributed by atoms with Crippen molar-refractivity contribution in [3.63, 3.8) is 0 Å². The number of aliphatic hydroxyl groups is 1. The van der Waals surface area contributed by atoms with Crippen LogP contribution in [-0.4, -0.2) is 23.7 Å². The molecule has 1 amide bonds. The van der Waals surface area contributed by atoms with Crippen LogP contribution < -0.4 is 10.1 Å². The molecule has 1 heterocycles. The van der Waals surface area contributed by atoms with Crippen LogP contribution in [0.25, 0.3) is 0 Å². The van der Waals surface area contributed by atoms with Crippen LogP contribution in [0.5, 0.6) is 5.75 Å². The van der Waals surface area contributed by atoms with Gasteiger partial charge < -0.3 is 15.2 Å². The van der Waals surface area contributed by atoms with E-state index in [1.807, 2.05) is 12.1 Å². The molecule has 4 heteroatoms. The summed E-state index contributed by atoms with van der Waals surface area (Å²) in [6, 6.07) is 7.12. The molecule has 0 radical (unpaired) electrons. The van der Waals surface area contributed by atoms with Crippen LogP contribution in [0.15, 0.2) is 24.3 Å². The summed E-state index contributed by atoms with van der Waals surface area (Å²) >= 11 is 0. The van der Waals surface area contributed by atoms with Crippen LogP contribution in [0.3, 0.4) is 0 Å². The van der Waals surface area contributed by atoms with Crippen LogP contribution in [0.1, 0.15) is 0 Å². The predicted octanol–water partition coefficient (Wildman–Crippen LogP) is 0.378.